The van der Waals surface area contributed by atoms with E-state index < -0.39 is 0 Å². The fourth-order valence-corrected chi connectivity index (χ4v) is 2.24. The molecule has 0 N–H and O–H groups in total. The summed E-state index contributed by atoms with van der Waals surface area (Å²) in [5.74, 6) is 0. The number of fused-ring (bicyclic) bond motifs is 1. The van der Waals surface area contributed by atoms with Crippen molar-refractivity contribution in [2.75, 3.05) is 20.1 Å². The van der Waals surface area contributed by atoms with Gasteiger partial charge in [-0.1, -0.05) is 6.08 Å². The Hall–Kier alpha value is -0.500. The third-order valence-corrected chi connectivity index (χ3v) is 2.95. The van der Waals surface area contributed by atoms with Crippen molar-refractivity contribution < 1.29 is 0 Å². The predicted molar refractivity (Wildman–Crippen MR) is 50.7 cm³/mol. The van der Waals surface area contributed by atoms with Crippen LogP contribution in [-0.4, -0.2) is 36.1 Å². The van der Waals surface area contributed by atoms with E-state index in [1.54, 1.807) is 0 Å². The summed E-state index contributed by atoms with van der Waals surface area (Å²) in [6, 6.07) is 0. The highest BCUT2D eigenvalue weighted by Gasteiger charge is 2.24. The van der Waals surface area contributed by atoms with Crippen LogP contribution in [0.2, 0.25) is 0 Å². The smallest absolute Gasteiger partial charge is 0.0812 e. The highest BCUT2D eigenvalue weighted by atomic mass is 15.4. The first-order valence-corrected chi connectivity index (χ1v) is 5.00. The molecule has 1 saturated heterocycles. The van der Waals surface area contributed by atoms with E-state index in [0.717, 1.165) is 0 Å². The molecule has 0 aromatic heterocycles. The summed E-state index contributed by atoms with van der Waals surface area (Å²) in [6.45, 7) is 2.53. The standard InChI is InChI=1S/C10H18N2/c1-11-7-5-9-12-8-4-2-3-6-10(11)12/h4,8,10H,2-3,5-7,9H2,1H3. The second-order valence-electron chi connectivity index (χ2n) is 3.87. The Bertz CT molecular complexity index is 177. The zero-order valence-electron chi connectivity index (χ0n) is 7.87. The highest BCUT2D eigenvalue weighted by Crippen LogP contribution is 2.21. The van der Waals surface area contributed by atoms with E-state index in [9.17, 15) is 0 Å². The molecule has 0 spiro atoms. The maximum atomic E-state index is 2.50. The third kappa shape index (κ3) is 1.48. The lowest BCUT2D eigenvalue weighted by atomic mass is 10.1. The molecular weight excluding hydrogens is 148 g/mol. The van der Waals surface area contributed by atoms with Crippen molar-refractivity contribution in [2.24, 2.45) is 0 Å². The summed E-state index contributed by atoms with van der Waals surface area (Å²) in [7, 11) is 2.25. The minimum atomic E-state index is 0.692. The summed E-state index contributed by atoms with van der Waals surface area (Å²) in [5.41, 5.74) is 0. The Morgan fingerprint density at radius 3 is 3.08 bits per heavy atom. The van der Waals surface area contributed by atoms with Crippen LogP contribution >= 0.6 is 0 Å². The summed E-state index contributed by atoms with van der Waals surface area (Å²) in [5, 5.41) is 0. The molecule has 0 amide bonds. The van der Waals surface area contributed by atoms with Crippen molar-refractivity contribution in [2.45, 2.75) is 31.8 Å². The van der Waals surface area contributed by atoms with E-state index in [2.05, 4.69) is 29.1 Å². The van der Waals surface area contributed by atoms with Gasteiger partial charge in [0, 0.05) is 13.1 Å². The van der Waals surface area contributed by atoms with Gasteiger partial charge in [-0.05, 0) is 38.9 Å². The first kappa shape index (κ1) is 8.11. The molecule has 2 rings (SSSR count). The van der Waals surface area contributed by atoms with Gasteiger partial charge in [-0.2, -0.15) is 0 Å². The Labute approximate surface area is 74.8 Å². The summed E-state index contributed by atoms with van der Waals surface area (Å²) in [4.78, 5) is 4.98. The van der Waals surface area contributed by atoms with Crippen molar-refractivity contribution in [3.63, 3.8) is 0 Å². The minimum Gasteiger partial charge on any atom is -0.362 e. The van der Waals surface area contributed by atoms with Crippen LogP contribution in [0.15, 0.2) is 12.3 Å². The predicted octanol–water partition coefficient (Wildman–Crippen LogP) is 1.65. The number of allylic oxidation sites excluding steroid dienone is 1. The monoisotopic (exact) mass is 166 g/mol. The number of hydrogen-bond donors (Lipinski definition) is 0. The van der Waals surface area contributed by atoms with Crippen LogP contribution in [0.1, 0.15) is 25.7 Å². The molecule has 0 aromatic rings. The van der Waals surface area contributed by atoms with E-state index in [1.165, 1.54) is 38.8 Å². The molecule has 2 nitrogen and oxygen atoms in total. The molecule has 0 bridgehead atoms. The van der Waals surface area contributed by atoms with Crippen molar-refractivity contribution in [3.8, 4) is 0 Å². The molecule has 2 heterocycles. The lowest BCUT2D eigenvalue weighted by molar-refractivity contribution is 0.0540. The number of nitrogens with zero attached hydrogens (tertiary/aromatic N) is 2. The van der Waals surface area contributed by atoms with Crippen LogP contribution in [0.3, 0.4) is 0 Å². The Morgan fingerprint density at radius 1 is 1.25 bits per heavy atom. The maximum absolute atomic E-state index is 2.50. The normalized spacial score (nSPS) is 31.4. The molecule has 1 fully saturated rings. The average Bonchev–Trinajstić information content (AvgIpc) is 2.30. The molecule has 0 saturated carbocycles. The fourth-order valence-electron chi connectivity index (χ4n) is 2.24. The lowest BCUT2D eigenvalue weighted by Gasteiger charge is -2.41. The van der Waals surface area contributed by atoms with Gasteiger partial charge in [0.1, 0.15) is 0 Å². The molecule has 0 radical (unpaired) electrons. The second kappa shape index (κ2) is 3.48. The van der Waals surface area contributed by atoms with Crippen LogP contribution < -0.4 is 0 Å². The van der Waals surface area contributed by atoms with Crippen molar-refractivity contribution in [1.82, 2.24) is 9.80 Å². The molecule has 2 aliphatic rings. The van der Waals surface area contributed by atoms with E-state index in [0.29, 0.717) is 6.17 Å². The first-order valence-electron chi connectivity index (χ1n) is 5.00. The van der Waals surface area contributed by atoms with E-state index in [-0.39, 0.29) is 0 Å². The van der Waals surface area contributed by atoms with Gasteiger partial charge >= 0.3 is 0 Å². The van der Waals surface area contributed by atoms with Crippen LogP contribution in [0.4, 0.5) is 0 Å². The van der Waals surface area contributed by atoms with Gasteiger partial charge in [-0.25, -0.2) is 0 Å². The zero-order chi connectivity index (χ0) is 8.39. The molecule has 1 atom stereocenters. The van der Waals surface area contributed by atoms with E-state index in [1.807, 2.05) is 0 Å². The fraction of sp³-hybridized carbons (Fsp3) is 0.800. The van der Waals surface area contributed by atoms with Gasteiger partial charge in [-0.15, -0.1) is 0 Å². The number of rotatable bonds is 0. The van der Waals surface area contributed by atoms with E-state index >= 15 is 0 Å². The van der Waals surface area contributed by atoms with Crippen LogP contribution in [-0.2, 0) is 0 Å². The molecule has 0 aromatic carbocycles. The summed E-state index contributed by atoms with van der Waals surface area (Å²) in [6.07, 6.45) is 10.6. The van der Waals surface area contributed by atoms with Crippen LogP contribution in [0.25, 0.3) is 0 Å². The SMILES string of the molecule is CN1CCCN2C=CCCCC12. The molecule has 2 heteroatoms. The zero-order valence-corrected chi connectivity index (χ0v) is 7.87. The minimum absolute atomic E-state index is 0.692. The van der Waals surface area contributed by atoms with Gasteiger partial charge in [0.05, 0.1) is 6.17 Å². The maximum Gasteiger partial charge on any atom is 0.0812 e. The van der Waals surface area contributed by atoms with Gasteiger partial charge in [-0.3, -0.25) is 4.90 Å². The average molecular weight is 166 g/mol. The van der Waals surface area contributed by atoms with Gasteiger partial charge in [0.25, 0.3) is 0 Å². The molecule has 0 aliphatic carbocycles. The van der Waals surface area contributed by atoms with Gasteiger partial charge in [0.2, 0.25) is 0 Å². The molecule has 68 valence electrons. The summed E-state index contributed by atoms with van der Waals surface area (Å²) < 4.78 is 0. The lowest BCUT2D eigenvalue weighted by Crippen LogP contribution is -2.49. The summed E-state index contributed by atoms with van der Waals surface area (Å²) >= 11 is 0. The van der Waals surface area contributed by atoms with Crippen molar-refractivity contribution >= 4 is 0 Å². The Kier molecular flexibility index (Phi) is 2.35. The number of hydrogen-bond acceptors (Lipinski definition) is 2. The second-order valence-corrected chi connectivity index (χ2v) is 3.87. The first-order chi connectivity index (χ1) is 5.88. The van der Waals surface area contributed by atoms with Crippen LogP contribution in [0, 0.1) is 0 Å². The molecule has 1 unspecified atom stereocenters. The molecule has 12 heavy (non-hydrogen) atoms. The highest BCUT2D eigenvalue weighted by molar-refractivity contribution is 4.92. The quantitative estimate of drug-likeness (QED) is 0.540. The largest absolute Gasteiger partial charge is 0.362 e. The van der Waals surface area contributed by atoms with Crippen molar-refractivity contribution in [1.29, 1.82) is 0 Å². The molecule has 2 aliphatic heterocycles. The third-order valence-electron chi connectivity index (χ3n) is 2.95. The topological polar surface area (TPSA) is 6.48 Å². The van der Waals surface area contributed by atoms with Crippen LogP contribution in [0.5, 0.6) is 0 Å². The van der Waals surface area contributed by atoms with Gasteiger partial charge < -0.3 is 4.90 Å². The van der Waals surface area contributed by atoms with Gasteiger partial charge in [0.15, 0.2) is 0 Å². The Balaban J connectivity index is 2.08. The van der Waals surface area contributed by atoms with E-state index in [4.69, 9.17) is 0 Å². The Morgan fingerprint density at radius 2 is 2.17 bits per heavy atom. The van der Waals surface area contributed by atoms with Crippen molar-refractivity contribution in [3.05, 3.63) is 12.3 Å². The molecular formula is C10H18N2.